The summed E-state index contributed by atoms with van der Waals surface area (Å²) in [7, 11) is 0. The van der Waals surface area contributed by atoms with Crippen LogP contribution in [0.25, 0.3) is 32.4 Å². The maximum absolute atomic E-state index is 12.8. The van der Waals surface area contributed by atoms with E-state index in [2.05, 4.69) is 37.6 Å². The van der Waals surface area contributed by atoms with Gasteiger partial charge in [-0.05, 0) is 48.3 Å². The number of hydrogen-bond acceptors (Lipinski definition) is 6. The molecule has 1 saturated heterocycles. The van der Waals surface area contributed by atoms with Crippen LogP contribution in [0.1, 0.15) is 38.1 Å². The van der Waals surface area contributed by atoms with E-state index < -0.39 is 0 Å². The summed E-state index contributed by atoms with van der Waals surface area (Å²) in [5, 5.41) is 11.2. The molecular weight excluding hydrogens is 434 g/mol. The predicted molar refractivity (Wildman–Crippen MR) is 131 cm³/mol. The Hall–Kier alpha value is -2.71. The topological polar surface area (TPSA) is 87.0 Å². The first-order chi connectivity index (χ1) is 16.2. The number of H-pyrrole nitrogens is 1. The fraction of sp³-hybridized carbons (Fsp3) is 0.480. The Bertz CT molecular complexity index is 1400. The largest absolute Gasteiger partial charge is 0.396 e. The lowest BCUT2D eigenvalue weighted by molar-refractivity contribution is 0.260. The van der Waals surface area contributed by atoms with E-state index in [1.165, 1.54) is 43.9 Å². The summed E-state index contributed by atoms with van der Waals surface area (Å²) in [5.41, 5.74) is 3.93. The van der Waals surface area contributed by atoms with Gasteiger partial charge in [0.1, 0.15) is 10.4 Å². The Kier molecular flexibility index (Phi) is 4.42. The fourth-order valence-electron chi connectivity index (χ4n) is 6.29. The first kappa shape index (κ1) is 19.7. The van der Waals surface area contributed by atoms with Gasteiger partial charge >= 0.3 is 0 Å². The highest BCUT2D eigenvalue weighted by molar-refractivity contribution is 7.21. The molecule has 1 aliphatic heterocycles. The predicted octanol–water partition coefficient (Wildman–Crippen LogP) is 4.18. The number of hydrogen-bond donors (Lipinski definition) is 2. The summed E-state index contributed by atoms with van der Waals surface area (Å²) >= 11 is 1.66. The Morgan fingerprint density at radius 1 is 1.12 bits per heavy atom. The van der Waals surface area contributed by atoms with E-state index in [0.717, 1.165) is 39.6 Å². The van der Waals surface area contributed by atoms with Crippen molar-refractivity contribution >= 4 is 38.3 Å². The number of piperidine rings is 1. The first-order valence-corrected chi connectivity index (χ1v) is 12.9. The number of aliphatic hydroxyl groups is 1. The van der Waals surface area contributed by atoms with Crippen LogP contribution in [0.4, 0.5) is 5.00 Å². The second-order valence-corrected chi connectivity index (χ2v) is 10.9. The first-order valence-electron chi connectivity index (χ1n) is 12.1. The van der Waals surface area contributed by atoms with Gasteiger partial charge in [0.25, 0.3) is 5.56 Å². The third-order valence-electron chi connectivity index (χ3n) is 8.16. The molecule has 2 unspecified atom stereocenters. The van der Waals surface area contributed by atoms with Crippen molar-refractivity contribution in [2.45, 2.75) is 38.1 Å². The molecule has 170 valence electrons. The second kappa shape index (κ2) is 7.40. The van der Waals surface area contributed by atoms with E-state index in [4.69, 9.17) is 4.98 Å². The molecule has 4 aromatic rings. The van der Waals surface area contributed by atoms with Crippen LogP contribution < -0.4 is 10.5 Å². The smallest absolute Gasteiger partial charge is 0.261 e. The van der Waals surface area contributed by atoms with Gasteiger partial charge in [-0.2, -0.15) is 0 Å². The molecule has 3 aliphatic rings. The minimum atomic E-state index is -0.0839. The van der Waals surface area contributed by atoms with Crippen molar-refractivity contribution in [3.8, 4) is 10.4 Å². The number of aromatic nitrogens is 4. The molecule has 0 radical (unpaired) electrons. The Morgan fingerprint density at radius 2 is 1.94 bits per heavy atom. The van der Waals surface area contributed by atoms with Crippen molar-refractivity contribution in [1.82, 2.24) is 19.5 Å². The van der Waals surface area contributed by atoms with E-state index in [0.29, 0.717) is 29.2 Å². The van der Waals surface area contributed by atoms with Gasteiger partial charge in [-0.25, -0.2) is 9.97 Å². The van der Waals surface area contributed by atoms with Crippen LogP contribution in [-0.2, 0) is 0 Å². The molecule has 3 fully saturated rings. The van der Waals surface area contributed by atoms with Gasteiger partial charge in [0.05, 0.1) is 34.1 Å². The van der Waals surface area contributed by atoms with Gasteiger partial charge in [-0.1, -0.05) is 25.3 Å². The minimum absolute atomic E-state index is 0.0839. The number of aromatic amines is 1. The van der Waals surface area contributed by atoms with Crippen LogP contribution >= 0.6 is 11.3 Å². The highest BCUT2D eigenvalue weighted by atomic mass is 32.1. The van der Waals surface area contributed by atoms with Gasteiger partial charge in [0, 0.05) is 25.7 Å². The molecule has 0 amide bonds. The summed E-state index contributed by atoms with van der Waals surface area (Å²) < 4.78 is 2.35. The summed E-state index contributed by atoms with van der Waals surface area (Å²) in [4.78, 5) is 28.3. The van der Waals surface area contributed by atoms with E-state index in [-0.39, 0.29) is 12.2 Å². The number of imidazole rings is 1. The van der Waals surface area contributed by atoms with E-state index in [1.54, 1.807) is 11.3 Å². The minimum Gasteiger partial charge on any atom is -0.396 e. The zero-order valence-electron chi connectivity index (χ0n) is 18.4. The van der Waals surface area contributed by atoms with Gasteiger partial charge in [-0.15, -0.1) is 11.3 Å². The Balaban J connectivity index is 1.30. The van der Waals surface area contributed by atoms with E-state index >= 15 is 0 Å². The van der Waals surface area contributed by atoms with Gasteiger partial charge in [0.2, 0.25) is 0 Å². The van der Waals surface area contributed by atoms with Crippen LogP contribution in [0, 0.1) is 17.8 Å². The van der Waals surface area contributed by atoms with Gasteiger partial charge in [-0.3, -0.25) is 4.79 Å². The van der Waals surface area contributed by atoms with Crippen LogP contribution in [0.5, 0.6) is 0 Å². The van der Waals surface area contributed by atoms with Crippen molar-refractivity contribution in [3.05, 3.63) is 41.2 Å². The van der Waals surface area contributed by atoms with Crippen molar-refractivity contribution in [2.75, 3.05) is 24.6 Å². The maximum atomic E-state index is 12.8. The van der Waals surface area contributed by atoms with Crippen LogP contribution in [0.15, 0.2) is 35.6 Å². The summed E-state index contributed by atoms with van der Waals surface area (Å²) in [5.74, 6) is 1.53. The molecule has 2 saturated carbocycles. The van der Waals surface area contributed by atoms with Crippen molar-refractivity contribution < 1.29 is 5.11 Å². The molecule has 33 heavy (non-hydrogen) atoms. The summed E-state index contributed by atoms with van der Waals surface area (Å²) in [6.07, 6.45) is 9.89. The van der Waals surface area contributed by atoms with Crippen molar-refractivity contribution in [1.29, 1.82) is 0 Å². The second-order valence-electron chi connectivity index (χ2n) is 9.92. The zero-order chi connectivity index (χ0) is 22.1. The van der Waals surface area contributed by atoms with Crippen molar-refractivity contribution in [2.24, 2.45) is 17.8 Å². The molecule has 0 spiro atoms. The number of nitrogens with one attached hydrogen (secondary N) is 1. The monoisotopic (exact) mass is 461 g/mol. The Morgan fingerprint density at radius 3 is 2.73 bits per heavy atom. The van der Waals surface area contributed by atoms with Gasteiger partial charge in [0.15, 0.2) is 0 Å². The third-order valence-corrected chi connectivity index (χ3v) is 9.44. The van der Waals surface area contributed by atoms with Gasteiger partial charge < -0.3 is 19.6 Å². The number of rotatable bonds is 4. The summed E-state index contributed by atoms with van der Waals surface area (Å²) in [6.45, 7) is 2.09. The third kappa shape index (κ3) is 3.00. The molecule has 4 heterocycles. The maximum Gasteiger partial charge on any atom is 0.261 e. The number of thiophene rings is 1. The number of aliphatic hydroxyl groups excluding tert-OH is 1. The Labute approximate surface area is 195 Å². The average Bonchev–Trinajstić information content (AvgIpc) is 3.25. The highest BCUT2D eigenvalue weighted by Gasteiger charge is 2.55. The van der Waals surface area contributed by atoms with E-state index in [1.807, 2.05) is 6.33 Å². The van der Waals surface area contributed by atoms with Crippen LogP contribution in [0.2, 0.25) is 0 Å². The zero-order valence-corrected chi connectivity index (χ0v) is 19.2. The molecule has 2 atom stereocenters. The lowest BCUT2D eigenvalue weighted by Gasteiger charge is -2.23. The average molecular weight is 462 g/mol. The lowest BCUT2D eigenvalue weighted by Crippen LogP contribution is -2.25. The number of fused-ring (bicyclic) bond motifs is 3. The molecule has 3 aromatic heterocycles. The fourth-order valence-corrected chi connectivity index (χ4v) is 7.55. The molecule has 8 heteroatoms. The molecule has 7 rings (SSSR count). The quantitative estimate of drug-likeness (QED) is 0.476. The lowest BCUT2D eigenvalue weighted by atomic mass is 9.95. The SMILES string of the molecule is O=c1[nH]cnc2c(-c3ccc4c(c3)ncn4C3CCCCC3)sc(N3CC4C(CO)C4C3)c12. The standard InChI is InChI=1S/C25H27N5O2S/c31-11-18-16-9-29(10-17(16)18)25-21-22(26-12-27-24(21)32)23(33-25)14-6-7-20-19(8-14)28-13-30(20)15-4-2-1-3-5-15/h6-8,12-13,15-18,31H,1-5,9-11H2,(H,26,27,32). The van der Waals surface area contributed by atoms with E-state index in [9.17, 15) is 9.90 Å². The molecule has 2 aliphatic carbocycles. The number of nitrogens with zero attached hydrogens (tertiary/aromatic N) is 4. The van der Waals surface area contributed by atoms with Crippen LogP contribution in [-0.4, -0.2) is 44.3 Å². The number of anilines is 1. The highest BCUT2D eigenvalue weighted by Crippen LogP contribution is 2.54. The molecule has 2 N–H and O–H groups in total. The molecule has 0 bridgehead atoms. The summed E-state index contributed by atoms with van der Waals surface area (Å²) in [6, 6.07) is 7.04. The van der Waals surface area contributed by atoms with Crippen molar-refractivity contribution in [3.63, 3.8) is 0 Å². The molecular formula is C25H27N5O2S. The normalized spacial score (nSPS) is 25.2. The number of benzene rings is 1. The molecule has 1 aromatic carbocycles. The van der Waals surface area contributed by atoms with Crippen LogP contribution in [0.3, 0.4) is 0 Å². The molecule has 7 nitrogen and oxygen atoms in total.